The molecule has 140 valence electrons. The number of benzene rings is 2. The van der Waals surface area contributed by atoms with Gasteiger partial charge in [0.05, 0.1) is 0 Å². The monoisotopic (exact) mass is 382 g/mol. The highest BCUT2D eigenvalue weighted by molar-refractivity contribution is 7.93. The highest BCUT2D eigenvalue weighted by atomic mass is 32.2. The highest BCUT2D eigenvalue weighted by Gasteiger charge is 2.28. The van der Waals surface area contributed by atoms with Crippen molar-refractivity contribution < 1.29 is 13.2 Å². The van der Waals surface area contributed by atoms with Gasteiger partial charge >= 0.3 is 0 Å². The van der Waals surface area contributed by atoms with Crippen LogP contribution in [0.25, 0.3) is 0 Å². The number of carbonyl (C=O) groups excluding carboxylic acids is 1. The van der Waals surface area contributed by atoms with E-state index in [1.165, 1.54) is 11.4 Å². The molecule has 0 aliphatic rings. The Labute approximate surface area is 159 Å². The SMILES string of the molecule is Cc1ccc(C(=O)c2cccc(C(C)S(=O)(=O)N(C)c3ccc[nH]3)c2)cc1. The van der Waals surface area contributed by atoms with Crippen molar-refractivity contribution in [1.82, 2.24) is 4.98 Å². The summed E-state index contributed by atoms with van der Waals surface area (Å²) in [5.41, 5.74) is 2.71. The molecule has 0 saturated heterocycles. The van der Waals surface area contributed by atoms with Gasteiger partial charge in [0.15, 0.2) is 5.78 Å². The molecule has 3 rings (SSSR count). The number of aryl methyl sites for hydroxylation is 1. The molecule has 0 spiro atoms. The lowest BCUT2D eigenvalue weighted by Crippen LogP contribution is -2.30. The van der Waals surface area contributed by atoms with E-state index in [1.54, 1.807) is 61.7 Å². The molecule has 0 aliphatic heterocycles. The van der Waals surface area contributed by atoms with Crippen LogP contribution in [0, 0.1) is 6.92 Å². The van der Waals surface area contributed by atoms with Gasteiger partial charge in [-0.1, -0.05) is 48.0 Å². The van der Waals surface area contributed by atoms with Gasteiger partial charge in [-0.05, 0) is 37.6 Å². The topological polar surface area (TPSA) is 70.2 Å². The van der Waals surface area contributed by atoms with Gasteiger partial charge in [0.2, 0.25) is 10.0 Å². The number of nitrogens with zero attached hydrogens (tertiary/aromatic N) is 1. The average molecular weight is 382 g/mol. The molecule has 6 heteroatoms. The molecule has 5 nitrogen and oxygen atoms in total. The van der Waals surface area contributed by atoms with Gasteiger partial charge in [0.1, 0.15) is 11.1 Å². The smallest absolute Gasteiger partial charge is 0.242 e. The van der Waals surface area contributed by atoms with E-state index in [2.05, 4.69) is 4.98 Å². The standard InChI is InChI=1S/C21H22N2O3S/c1-15-9-11-17(12-10-15)21(24)19-7-4-6-18(14-19)16(2)27(25,26)23(3)20-8-5-13-22-20/h4-14,16,22H,1-3H3. The summed E-state index contributed by atoms with van der Waals surface area (Å²) in [5.74, 6) is 0.368. The molecule has 1 heterocycles. The van der Waals surface area contributed by atoms with E-state index in [0.29, 0.717) is 22.5 Å². The zero-order valence-electron chi connectivity index (χ0n) is 15.5. The molecule has 0 fully saturated rings. The van der Waals surface area contributed by atoms with E-state index < -0.39 is 15.3 Å². The molecule has 0 saturated carbocycles. The third-order valence-electron chi connectivity index (χ3n) is 4.68. The number of anilines is 1. The number of hydrogen-bond donors (Lipinski definition) is 1. The Bertz CT molecular complexity index is 1040. The van der Waals surface area contributed by atoms with E-state index in [4.69, 9.17) is 0 Å². The number of ketones is 1. The summed E-state index contributed by atoms with van der Waals surface area (Å²) in [6, 6.07) is 17.6. The van der Waals surface area contributed by atoms with Crippen LogP contribution in [0.2, 0.25) is 0 Å². The van der Waals surface area contributed by atoms with Crippen LogP contribution >= 0.6 is 0 Å². The van der Waals surface area contributed by atoms with E-state index in [0.717, 1.165) is 5.56 Å². The molecule has 1 aromatic heterocycles. The van der Waals surface area contributed by atoms with Gasteiger partial charge in [0.25, 0.3) is 0 Å². The first kappa shape index (κ1) is 18.9. The Morgan fingerprint density at radius 1 is 1.00 bits per heavy atom. The van der Waals surface area contributed by atoms with E-state index in [1.807, 2.05) is 19.1 Å². The van der Waals surface area contributed by atoms with Crippen molar-refractivity contribution in [1.29, 1.82) is 0 Å². The summed E-state index contributed by atoms with van der Waals surface area (Å²) in [4.78, 5) is 15.6. The Balaban J connectivity index is 1.90. The lowest BCUT2D eigenvalue weighted by Gasteiger charge is -2.23. The summed E-state index contributed by atoms with van der Waals surface area (Å²) < 4.78 is 27.1. The Kier molecular flexibility index (Phi) is 5.19. The third-order valence-corrected chi connectivity index (χ3v) is 6.81. The van der Waals surface area contributed by atoms with Crippen LogP contribution in [0.1, 0.15) is 39.2 Å². The predicted molar refractivity (Wildman–Crippen MR) is 108 cm³/mol. The quantitative estimate of drug-likeness (QED) is 0.653. The number of nitrogens with one attached hydrogen (secondary N) is 1. The lowest BCUT2D eigenvalue weighted by atomic mass is 10.00. The van der Waals surface area contributed by atoms with Crippen LogP contribution in [0.4, 0.5) is 5.82 Å². The van der Waals surface area contributed by atoms with E-state index in [-0.39, 0.29) is 5.78 Å². The average Bonchev–Trinajstić information content (AvgIpc) is 3.21. The molecular formula is C21H22N2O3S. The molecule has 0 aliphatic carbocycles. The summed E-state index contributed by atoms with van der Waals surface area (Å²) in [5, 5.41) is -0.795. The fraction of sp³-hybridized carbons (Fsp3) is 0.190. The van der Waals surface area contributed by atoms with Crippen molar-refractivity contribution in [2.45, 2.75) is 19.1 Å². The Morgan fingerprint density at radius 2 is 1.70 bits per heavy atom. The number of aromatic nitrogens is 1. The highest BCUT2D eigenvalue weighted by Crippen LogP contribution is 2.28. The maximum Gasteiger partial charge on any atom is 0.242 e. The van der Waals surface area contributed by atoms with Crippen molar-refractivity contribution in [2.24, 2.45) is 0 Å². The van der Waals surface area contributed by atoms with Gasteiger partial charge < -0.3 is 4.98 Å². The molecular weight excluding hydrogens is 360 g/mol. The number of aromatic amines is 1. The first-order valence-electron chi connectivity index (χ1n) is 8.63. The molecule has 3 aromatic rings. The van der Waals surface area contributed by atoms with Gasteiger partial charge in [-0.25, -0.2) is 8.42 Å². The largest absolute Gasteiger partial charge is 0.348 e. The maximum atomic E-state index is 12.9. The maximum absolute atomic E-state index is 12.9. The first-order valence-corrected chi connectivity index (χ1v) is 10.1. The van der Waals surface area contributed by atoms with Crippen LogP contribution in [0.3, 0.4) is 0 Å². The number of rotatable bonds is 6. The minimum atomic E-state index is -3.64. The second-order valence-corrected chi connectivity index (χ2v) is 8.82. The van der Waals surface area contributed by atoms with Crippen molar-refractivity contribution in [2.75, 3.05) is 11.4 Å². The van der Waals surface area contributed by atoms with Crippen LogP contribution in [0.5, 0.6) is 0 Å². The van der Waals surface area contributed by atoms with Crippen LogP contribution in [0.15, 0.2) is 66.9 Å². The zero-order valence-corrected chi connectivity index (χ0v) is 16.3. The molecule has 0 bridgehead atoms. The van der Waals surface area contributed by atoms with Crippen LogP contribution in [-0.4, -0.2) is 26.2 Å². The lowest BCUT2D eigenvalue weighted by molar-refractivity contribution is 0.103. The van der Waals surface area contributed by atoms with Gasteiger partial charge in [0, 0.05) is 24.4 Å². The van der Waals surface area contributed by atoms with Crippen LogP contribution < -0.4 is 4.31 Å². The molecule has 2 aromatic carbocycles. The molecule has 27 heavy (non-hydrogen) atoms. The third kappa shape index (κ3) is 3.80. The van der Waals surface area contributed by atoms with Crippen molar-refractivity contribution >= 4 is 21.6 Å². The Morgan fingerprint density at radius 3 is 2.33 bits per heavy atom. The summed E-state index contributed by atoms with van der Waals surface area (Å²) in [6.07, 6.45) is 1.67. The van der Waals surface area contributed by atoms with Gasteiger partial charge in [-0.3, -0.25) is 9.10 Å². The summed E-state index contributed by atoms with van der Waals surface area (Å²) in [6.45, 7) is 3.59. The molecule has 0 amide bonds. The normalized spacial score (nSPS) is 12.6. The number of H-pyrrole nitrogens is 1. The number of sulfonamides is 1. The first-order chi connectivity index (χ1) is 12.8. The minimum Gasteiger partial charge on any atom is -0.348 e. The van der Waals surface area contributed by atoms with Crippen LogP contribution in [-0.2, 0) is 10.0 Å². The summed E-state index contributed by atoms with van der Waals surface area (Å²) in [7, 11) is -2.12. The molecule has 1 unspecified atom stereocenters. The van der Waals surface area contributed by atoms with Crippen molar-refractivity contribution in [3.63, 3.8) is 0 Å². The molecule has 0 radical (unpaired) electrons. The molecule has 1 atom stereocenters. The second kappa shape index (κ2) is 7.40. The fourth-order valence-corrected chi connectivity index (χ4v) is 4.22. The Hall–Kier alpha value is -2.86. The number of carbonyl (C=O) groups is 1. The summed E-state index contributed by atoms with van der Waals surface area (Å²) >= 11 is 0. The minimum absolute atomic E-state index is 0.126. The zero-order chi connectivity index (χ0) is 19.6. The van der Waals surface area contributed by atoms with Crippen molar-refractivity contribution in [3.05, 3.63) is 89.1 Å². The number of hydrogen-bond acceptors (Lipinski definition) is 3. The second-order valence-electron chi connectivity index (χ2n) is 6.53. The van der Waals surface area contributed by atoms with Crippen molar-refractivity contribution in [3.8, 4) is 0 Å². The fourth-order valence-electron chi connectivity index (χ4n) is 2.87. The van der Waals surface area contributed by atoms with E-state index in [9.17, 15) is 13.2 Å². The van der Waals surface area contributed by atoms with Gasteiger partial charge in [-0.2, -0.15) is 0 Å². The molecule has 1 N–H and O–H groups in total. The van der Waals surface area contributed by atoms with E-state index >= 15 is 0 Å². The predicted octanol–water partition coefficient (Wildman–Crippen LogP) is 4.08. The van der Waals surface area contributed by atoms with Gasteiger partial charge in [-0.15, -0.1) is 0 Å².